The highest BCUT2D eigenvalue weighted by molar-refractivity contribution is 5.94. The number of rotatable bonds is 5. The Labute approximate surface area is 164 Å². The van der Waals surface area contributed by atoms with Gasteiger partial charge in [-0.1, -0.05) is 36.4 Å². The quantitative estimate of drug-likeness (QED) is 0.552. The molecule has 0 radical (unpaired) electrons. The molecule has 1 fully saturated rings. The summed E-state index contributed by atoms with van der Waals surface area (Å²) in [5.74, 6) is 0.649. The summed E-state index contributed by atoms with van der Waals surface area (Å²) >= 11 is 0. The van der Waals surface area contributed by atoms with Crippen LogP contribution in [0.5, 0.6) is 0 Å². The van der Waals surface area contributed by atoms with Crippen molar-refractivity contribution in [2.24, 2.45) is 4.99 Å². The van der Waals surface area contributed by atoms with Crippen molar-refractivity contribution in [2.45, 2.75) is 30.6 Å². The molecule has 1 saturated carbocycles. The average Bonchev–Trinajstić information content (AvgIpc) is 3.49. The molecule has 146 valence electrons. The lowest BCUT2D eigenvalue weighted by molar-refractivity contribution is -0.116. The van der Waals surface area contributed by atoms with Gasteiger partial charge in [0.05, 0.1) is 0 Å². The Morgan fingerprint density at radius 3 is 2.68 bits per heavy atom. The molecular formula is C22H25FN4O. The Morgan fingerprint density at radius 1 is 1.18 bits per heavy atom. The summed E-state index contributed by atoms with van der Waals surface area (Å²) in [5.41, 5.74) is 2.64. The monoisotopic (exact) mass is 380 g/mol. The van der Waals surface area contributed by atoms with Crippen molar-refractivity contribution in [3.8, 4) is 0 Å². The van der Waals surface area contributed by atoms with Crippen molar-refractivity contribution >= 4 is 17.6 Å². The van der Waals surface area contributed by atoms with Crippen molar-refractivity contribution in [3.05, 3.63) is 65.5 Å². The van der Waals surface area contributed by atoms with Crippen LogP contribution in [0.4, 0.5) is 10.1 Å². The van der Waals surface area contributed by atoms with E-state index in [0.717, 1.165) is 29.7 Å². The molecule has 6 heteroatoms. The summed E-state index contributed by atoms with van der Waals surface area (Å²) in [4.78, 5) is 16.3. The molecule has 4 rings (SSSR count). The molecule has 1 heterocycles. The molecular weight excluding hydrogens is 355 g/mol. The smallest absolute Gasteiger partial charge is 0.225 e. The van der Waals surface area contributed by atoms with Gasteiger partial charge in [-0.25, -0.2) is 4.39 Å². The summed E-state index contributed by atoms with van der Waals surface area (Å²) in [6.45, 7) is 1.24. The number of para-hydroxylation sites is 1. The second-order valence-corrected chi connectivity index (χ2v) is 7.60. The third kappa shape index (κ3) is 3.72. The minimum Gasteiger partial charge on any atom is -0.356 e. The first-order chi connectivity index (χ1) is 13.6. The van der Waals surface area contributed by atoms with E-state index in [4.69, 9.17) is 0 Å². The van der Waals surface area contributed by atoms with Crippen LogP contribution >= 0.6 is 0 Å². The Balaban J connectivity index is 1.38. The van der Waals surface area contributed by atoms with Crippen molar-refractivity contribution in [1.82, 2.24) is 10.6 Å². The molecule has 0 saturated heterocycles. The summed E-state index contributed by atoms with van der Waals surface area (Å²) < 4.78 is 14.2. The summed E-state index contributed by atoms with van der Waals surface area (Å²) in [6, 6.07) is 14.9. The molecule has 5 nitrogen and oxygen atoms in total. The zero-order valence-corrected chi connectivity index (χ0v) is 16.0. The molecule has 2 aromatic carbocycles. The predicted molar refractivity (Wildman–Crippen MR) is 109 cm³/mol. The second kappa shape index (κ2) is 7.62. The minimum absolute atomic E-state index is 0.0323. The van der Waals surface area contributed by atoms with Gasteiger partial charge in [0.1, 0.15) is 5.82 Å². The van der Waals surface area contributed by atoms with Gasteiger partial charge in [0.2, 0.25) is 5.91 Å². The molecule has 0 aromatic heterocycles. The second-order valence-electron chi connectivity index (χ2n) is 7.60. The van der Waals surface area contributed by atoms with Gasteiger partial charge in [-0.3, -0.25) is 9.79 Å². The molecule has 28 heavy (non-hydrogen) atoms. The number of hydrogen-bond acceptors (Lipinski definition) is 2. The van der Waals surface area contributed by atoms with Crippen LogP contribution in [0.1, 0.15) is 36.3 Å². The van der Waals surface area contributed by atoms with Crippen LogP contribution in [0.15, 0.2) is 53.5 Å². The van der Waals surface area contributed by atoms with E-state index in [9.17, 15) is 9.18 Å². The molecule has 0 bridgehead atoms. The molecule has 1 aliphatic heterocycles. The van der Waals surface area contributed by atoms with E-state index in [-0.39, 0.29) is 23.1 Å². The van der Waals surface area contributed by atoms with E-state index in [1.807, 2.05) is 30.3 Å². The van der Waals surface area contributed by atoms with Gasteiger partial charge < -0.3 is 16.0 Å². The van der Waals surface area contributed by atoms with E-state index < -0.39 is 0 Å². The zero-order chi connectivity index (χ0) is 19.6. The van der Waals surface area contributed by atoms with E-state index in [1.54, 1.807) is 13.1 Å². The van der Waals surface area contributed by atoms with Crippen LogP contribution in [0.25, 0.3) is 0 Å². The van der Waals surface area contributed by atoms with E-state index in [0.29, 0.717) is 25.5 Å². The lowest BCUT2D eigenvalue weighted by Gasteiger charge is -2.26. The lowest BCUT2D eigenvalue weighted by atomic mass is 9.90. The molecule has 2 aromatic rings. The van der Waals surface area contributed by atoms with Crippen LogP contribution in [-0.4, -0.2) is 32.0 Å². The fraction of sp³-hybridized carbons (Fsp3) is 0.364. The van der Waals surface area contributed by atoms with Crippen molar-refractivity contribution in [1.29, 1.82) is 0 Å². The molecule has 1 amide bonds. The number of anilines is 1. The standard InChI is InChI=1S/C22H25FN4O/c1-24-21(26-14-22(10-11-22)17-7-3-4-8-18(17)23)25-13-15-12-20(28)27-19-9-5-2-6-16(15)19/h2-9,15H,10-14H2,1H3,(H,27,28)(H2,24,25,26). The SMILES string of the molecule is CN=C(NCC1CC(=O)Nc2ccccc21)NCC1(c2ccccc2F)CC1. The Kier molecular flexibility index (Phi) is 5.03. The third-order valence-electron chi connectivity index (χ3n) is 5.74. The van der Waals surface area contributed by atoms with Gasteiger partial charge in [0.15, 0.2) is 5.96 Å². The van der Waals surface area contributed by atoms with Crippen molar-refractivity contribution in [2.75, 3.05) is 25.5 Å². The Bertz CT molecular complexity index is 907. The van der Waals surface area contributed by atoms with Gasteiger partial charge in [-0.05, 0) is 36.1 Å². The number of amides is 1. The maximum atomic E-state index is 14.2. The number of nitrogens with zero attached hydrogens (tertiary/aromatic N) is 1. The Morgan fingerprint density at radius 2 is 1.93 bits per heavy atom. The molecule has 1 atom stereocenters. The highest BCUT2D eigenvalue weighted by atomic mass is 19.1. The normalized spacial score (nSPS) is 20.1. The predicted octanol–water partition coefficient (Wildman–Crippen LogP) is 3.15. The summed E-state index contributed by atoms with van der Waals surface area (Å²) in [5, 5.41) is 9.60. The molecule has 3 N–H and O–H groups in total. The largest absolute Gasteiger partial charge is 0.356 e. The number of nitrogens with one attached hydrogen (secondary N) is 3. The summed E-state index contributed by atoms with van der Waals surface area (Å²) in [7, 11) is 1.72. The first-order valence-corrected chi connectivity index (χ1v) is 9.70. The van der Waals surface area contributed by atoms with Crippen LogP contribution in [0, 0.1) is 5.82 Å². The molecule has 0 spiro atoms. The van der Waals surface area contributed by atoms with Crippen molar-refractivity contribution < 1.29 is 9.18 Å². The minimum atomic E-state index is -0.152. The number of benzene rings is 2. The first kappa shape index (κ1) is 18.5. The first-order valence-electron chi connectivity index (χ1n) is 9.70. The fourth-order valence-electron chi connectivity index (χ4n) is 3.96. The fourth-order valence-corrected chi connectivity index (χ4v) is 3.96. The molecule has 1 unspecified atom stereocenters. The average molecular weight is 380 g/mol. The van der Waals surface area contributed by atoms with Gasteiger partial charge in [-0.15, -0.1) is 0 Å². The molecule has 2 aliphatic rings. The number of guanidine groups is 1. The van der Waals surface area contributed by atoms with Crippen LogP contribution < -0.4 is 16.0 Å². The highest BCUT2D eigenvalue weighted by Crippen LogP contribution is 2.48. The maximum absolute atomic E-state index is 14.2. The van der Waals surface area contributed by atoms with Gasteiger partial charge in [0.25, 0.3) is 0 Å². The molecule has 1 aliphatic carbocycles. The Hall–Kier alpha value is -2.89. The number of hydrogen-bond donors (Lipinski definition) is 3. The van der Waals surface area contributed by atoms with E-state index in [2.05, 4.69) is 27.0 Å². The highest BCUT2D eigenvalue weighted by Gasteiger charge is 2.45. The number of halogens is 1. The number of carbonyl (C=O) groups excluding carboxylic acids is 1. The zero-order valence-electron chi connectivity index (χ0n) is 16.0. The van der Waals surface area contributed by atoms with Gasteiger partial charge >= 0.3 is 0 Å². The van der Waals surface area contributed by atoms with Crippen LogP contribution in [-0.2, 0) is 10.2 Å². The van der Waals surface area contributed by atoms with Gasteiger partial charge in [0, 0.05) is 43.6 Å². The third-order valence-corrected chi connectivity index (χ3v) is 5.74. The topological polar surface area (TPSA) is 65.5 Å². The van der Waals surface area contributed by atoms with Crippen LogP contribution in [0.2, 0.25) is 0 Å². The van der Waals surface area contributed by atoms with Crippen molar-refractivity contribution in [3.63, 3.8) is 0 Å². The lowest BCUT2D eigenvalue weighted by Crippen LogP contribution is -2.43. The summed E-state index contributed by atoms with van der Waals surface area (Å²) in [6.07, 6.45) is 2.38. The number of aliphatic imine (C=N–C) groups is 1. The van der Waals surface area contributed by atoms with E-state index >= 15 is 0 Å². The van der Waals surface area contributed by atoms with Crippen LogP contribution in [0.3, 0.4) is 0 Å². The maximum Gasteiger partial charge on any atom is 0.225 e. The van der Waals surface area contributed by atoms with Gasteiger partial charge in [-0.2, -0.15) is 0 Å². The number of carbonyl (C=O) groups is 1. The number of fused-ring (bicyclic) bond motifs is 1. The van der Waals surface area contributed by atoms with E-state index in [1.165, 1.54) is 6.07 Å².